The van der Waals surface area contributed by atoms with Crippen LogP contribution in [0.2, 0.25) is 5.02 Å². The van der Waals surface area contributed by atoms with Gasteiger partial charge < -0.3 is 10.6 Å². The van der Waals surface area contributed by atoms with Crippen molar-refractivity contribution in [3.63, 3.8) is 0 Å². The summed E-state index contributed by atoms with van der Waals surface area (Å²) >= 11 is 6.29. The number of rotatable bonds is 2. The second kappa shape index (κ2) is 5.51. The number of halogens is 2. The number of nitrogens with two attached hydrogens (primary N) is 1. The average Bonchev–Trinajstić information content (AvgIpc) is 2.46. The Morgan fingerprint density at radius 3 is 2.71 bits per heavy atom. The van der Waals surface area contributed by atoms with Gasteiger partial charge in [0.2, 0.25) is 0 Å². The highest BCUT2D eigenvalue weighted by Gasteiger charge is 2.23. The van der Waals surface area contributed by atoms with E-state index in [1.165, 1.54) is 12.1 Å². The molecule has 108 valence electrons. The first-order valence-corrected chi connectivity index (χ1v) is 7.22. The number of hydrogen-bond acceptors (Lipinski definition) is 2. The van der Waals surface area contributed by atoms with Gasteiger partial charge in [0.25, 0.3) is 0 Å². The molecule has 0 saturated heterocycles. The molecule has 1 aliphatic heterocycles. The maximum atomic E-state index is 13.5. The summed E-state index contributed by atoms with van der Waals surface area (Å²) in [4.78, 5) is 2.02. The van der Waals surface area contributed by atoms with Crippen LogP contribution in [-0.2, 0) is 6.54 Å². The molecular weight excluding hydrogens is 287 g/mol. The predicted octanol–water partition coefficient (Wildman–Crippen LogP) is 4.19. The van der Waals surface area contributed by atoms with E-state index in [1.54, 1.807) is 6.07 Å². The second-order valence-electron chi connectivity index (χ2n) is 5.23. The molecular formula is C17H16ClFN2. The van der Waals surface area contributed by atoms with Crippen LogP contribution in [0.3, 0.4) is 0 Å². The van der Waals surface area contributed by atoms with E-state index in [2.05, 4.69) is 0 Å². The minimum atomic E-state index is -0.263. The van der Waals surface area contributed by atoms with Gasteiger partial charge in [-0.3, -0.25) is 0 Å². The Morgan fingerprint density at radius 1 is 1.24 bits per heavy atom. The van der Waals surface area contributed by atoms with Crippen LogP contribution in [0.15, 0.2) is 48.2 Å². The van der Waals surface area contributed by atoms with E-state index in [-0.39, 0.29) is 11.9 Å². The van der Waals surface area contributed by atoms with Crippen molar-refractivity contribution in [1.82, 2.24) is 0 Å². The van der Waals surface area contributed by atoms with E-state index in [9.17, 15) is 4.39 Å². The topological polar surface area (TPSA) is 29.3 Å². The zero-order valence-electron chi connectivity index (χ0n) is 11.7. The molecule has 2 aromatic rings. The third-order valence-electron chi connectivity index (χ3n) is 3.67. The average molecular weight is 303 g/mol. The van der Waals surface area contributed by atoms with Crippen LogP contribution >= 0.6 is 11.6 Å². The van der Waals surface area contributed by atoms with E-state index >= 15 is 0 Å². The Labute approximate surface area is 128 Å². The first-order chi connectivity index (χ1) is 10.1. The molecule has 21 heavy (non-hydrogen) atoms. The van der Waals surface area contributed by atoms with Gasteiger partial charge in [0, 0.05) is 29.0 Å². The number of benzene rings is 2. The monoisotopic (exact) mass is 302 g/mol. The number of fused-ring (bicyclic) bond motifs is 1. The van der Waals surface area contributed by atoms with Gasteiger partial charge in [-0.25, -0.2) is 4.39 Å². The zero-order valence-corrected chi connectivity index (χ0v) is 12.4. The molecule has 0 spiro atoms. The summed E-state index contributed by atoms with van der Waals surface area (Å²) in [5.74, 6) is -0.263. The fourth-order valence-corrected chi connectivity index (χ4v) is 2.87. The van der Waals surface area contributed by atoms with Gasteiger partial charge in [-0.05, 0) is 48.4 Å². The SMILES string of the molecule is C[C@H](N)C1=Cc2cccc(Cl)c2CN1c1cccc(F)c1. The van der Waals surface area contributed by atoms with Crippen molar-refractivity contribution in [2.75, 3.05) is 4.90 Å². The molecule has 0 aromatic heterocycles. The molecule has 0 saturated carbocycles. The van der Waals surface area contributed by atoms with Crippen molar-refractivity contribution < 1.29 is 4.39 Å². The fourth-order valence-electron chi connectivity index (χ4n) is 2.63. The van der Waals surface area contributed by atoms with Gasteiger partial charge in [-0.15, -0.1) is 0 Å². The minimum Gasteiger partial charge on any atom is -0.339 e. The van der Waals surface area contributed by atoms with Gasteiger partial charge >= 0.3 is 0 Å². The number of nitrogens with zero attached hydrogens (tertiary/aromatic N) is 1. The minimum absolute atomic E-state index is 0.152. The summed E-state index contributed by atoms with van der Waals surface area (Å²) in [5.41, 5.74) is 9.93. The molecule has 2 aromatic carbocycles. The summed E-state index contributed by atoms with van der Waals surface area (Å²) in [6.45, 7) is 2.51. The molecule has 2 nitrogen and oxygen atoms in total. The van der Waals surface area contributed by atoms with E-state index in [0.29, 0.717) is 11.6 Å². The first-order valence-electron chi connectivity index (χ1n) is 6.84. The Balaban J connectivity index is 2.12. The smallest absolute Gasteiger partial charge is 0.125 e. The fraction of sp³-hybridized carbons (Fsp3) is 0.176. The molecule has 0 amide bonds. The molecule has 0 radical (unpaired) electrons. The molecule has 2 N–H and O–H groups in total. The molecule has 0 unspecified atom stereocenters. The lowest BCUT2D eigenvalue weighted by molar-refractivity contribution is 0.626. The maximum Gasteiger partial charge on any atom is 0.125 e. The maximum absolute atomic E-state index is 13.5. The second-order valence-corrected chi connectivity index (χ2v) is 5.64. The van der Waals surface area contributed by atoms with Crippen molar-refractivity contribution in [2.45, 2.75) is 19.5 Å². The molecule has 1 heterocycles. The summed E-state index contributed by atoms with van der Waals surface area (Å²) in [6, 6.07) is 12.2. The molecule has 3 rings (SSSR count). The molecule has 1 aliphatic rings. The van der Waals surface area contributed by atoms with Gasteiger partial charge in [0.05, 0.1) is 0 Å². The lowest BCUT2D eigenvalue weighted by Gasteiger charge is -2.34. The quantitative estimate of drug-likeness (QED) is 0.901. The molecule has 0 aliphatic carbocycles. The molecule has 0 fully saturated rings. The van der Waals surface area contributed by atoms with Crippen LogP contribution in [0.4, 0.5) is 10.1 Å². The number of anilines is 1. The lowest BCUT2D eigenvalue weighted by Crippen LogP contribution is -2.35. The first kappa shape index (κ1) is 14.1. The van der Waals surface area contributed by atoms with Gasteiger partial charge in [-0.1, -0.05) is 29.8 Å². The lowest BCUT2D eigenvalue weighted by atomic mass is 9.98. The summed E-state index contributed by atoms with van der Waals surface area (Å²) < 4.78 is 13.5. The van der Waals surface area contributed by atoms with Crippen molar-refractivity contribution in [2.24, 2.45) is 5.73 Å². The van der Waals surface area contributed by atoms with Crippen LogP contribution in [0.5, 0.6) is 0 Å². The normalized spacial score (nSPS) is 15.4. The van der Waals surface area contributed by atoms with Gasteiger partial charge in [-0.2, -0.15) is 0 Å². The van der Waals surface area contributed by atoms with Crippen LogP contribution in [-0.4, -0.2) is 6.04 Å². The third kappa shape index (κ3) is 2.67. The van der Waals surface area contributed by atoms with Gasteiger partial charge in [0.15, 0.2) is 0 Å². The summed E-state index contributed by atoms with van der Waals surface area (Å²) in [6.07, 6.45) is 2.03. The predicted molar refractivity (Wildman–Crippen MR) is 85.7 cm³/mol. The molecule has 1 atom stereocenters. The third-order valence-corrected chi connectivity index (χ3v) is 4.03. The van der Waals surface area contributed by atoms with Crippen LogP contribution < -0.4 is 10.6 Å². The van der Waals surface area contributed by atoms with Crippen molar-refractivity contribution in [3.05, 3.63) is 70.1 Å². The van der Waals surface area contributed by atoms with E-state index in [1.807, 2.05) is 42.2 Å². The highest BCUT2D eigenvalue weighted by Crippen LogP contribution is 2.34. The molecule has 0 bridgehead atoms. The van der Waals surface area contributed by atoms with Crippen LogP contribution in [0.1, 0.15) is 18.1 Å². The summed E-state index contributed by atoms with van der Waals surface area (Å²) in [5, 5.41) is 0.717. The molecule has 4 heteroatoms. The highest BCUT2D eigenvalue weighted by molar-refractivity contribution is 6.31. The Bertz CT molecular complexity index is 710. The van der Waals surface area contributed by atoms with Crippen molar-refractivity contribution >= 4 is 23.4 Å². The van der Waals surface area contributed by atoms with Crippen LogP contribution in [0.25, 0.3) is 6.08 Å². The van der Waals surface area contributed by atoms with Crippen molar-refractivity contribution in [1.29, 1.82) is 0 Å². The largest absolute Gasteiger partial charge is 0.339 e. The van der Waals surface area contributed by atoms with Crippen molar-refractivity contribution in [3.8, 4) is 0 Å². The summed E-state index contributed by atoms with van der Waals surface area (Å²) in [7, 11) is 0. The highest BCUT2D eigenvalue weighted by atomic mass is 35.5. The van der Waals surface area contributed by atoms with E-state index in [0.717, 1.165) is 22.5 Å². The number of hydrogen-bond donors (Lipinski definition) is 1. The van der Waals surface area contributed by atoms with E-state index in [4.69, 9.17) is 17.3 Å². The Hall–Kier alpha value is -1.84. The van der Waals surface area contributed by atoms with Crippen LogP contribution in [0, 0.1) is 5.82 Å². The van der Waals surface area contributed by atoms with E-state index < -0.39 is 0 Å². The van der Waals surface area contributed by atoms with Gasteiger partial charge in [0.1, 0.15) is 5.82 Å². The zero-order chi connectivity index (χ0) is 15.0. The Kier molecular flexibility index (Phi) is 3.70. The standard InChI is InChI=1S/C17H16ClFN2/c1-11(20)17-8-12-4-2-7-16(18)15(12)10-21(17)14-6-3-5-13(19)9-14/h2-9,11H,10,20H2,1H3/t11-/m0/s1. The Morgan fingerprint density at radius 2 is 2.00 bits per heavy atom.